The molecule has 2 aromatic carbocycles. The van der Waals surface area contributed by atoms with Gasteiger partial charge in [0.05, 0.1) is 6.04 Å². The molecular formula is C21H27N3O. The van der Waals surface area contributed by atoms with Crippen molar-refractivity contribution >= 4 is 17.4 Å². The number of anilines is 2. The molecule has 1 atom stereocenters. The van der Waals surface area contributed by atoms with Gasteiger partial charge in [0.1, 0.15) is 0 Å². The highest BCUT2D eigenvalue weighted by Crippen LogP contribution is 2.29. The summed E-state index contributed by atoms with van der Waals surface area (Å²) in [6, 6.07) is 17.0. The Morgan fingerprint density at radius 1 is 1.04 bits per heavy atom. The zero-order chi connectivity index (χ0) is 17.8. The Morgan fingerprint density at radius 3 is 2.52 bits per heavy atom. The normalized spacial score (nSPS) is 19.0. The minimum absolute atomic E-state index is 0.0273. The smallest absolute Gasteiger partial charge is 0.322 e. The number of urea groups is 1. The van der Waals surface area contributed by atoms with Gasteiger partial charge in [-0.15, -0.1) is 0 Å². The van der Waals surface area contributed by atoms with Crippen LogP contribution in [-0.2, 0) is 6.54 Å². The maximum Gasteiger partial charge on any atom is 0.322 e. The molecule has 0 aliphatic carbocycles. The predicted octanol–water partition coefficient (Wildman–Crippen LogP) is 4.65. The van der Waals surface area contributed by atoms with Gasteiger partial charge in [-0.3, -0.25) is 0 Å². The third-order valence-electron chi connectivity index (χ3n) is 4.86. The molecule has 2 aromatic rings. The number of hydrogen-bond acceptors (Lipinski definition) is 2. The van der Waals surface area contributed by atoms with E-state index in [0.29, 0.717) is 6.54 Å². The zero-order valence-corrected chi connectivity index (χ0v) is 15.3. The molecule has 2 aliphatic rings. The molecule has 1 N–H and O–H groups in total. The molecule has 2 heterocycles. The Bertz CT molecular complexity index is 726. The number of carbonyl (C=O) groups excluding carboxylic acids is 1. The van der Waals surface area contributed by atoms with E-state index in [0.717, 1.165) is 25.2 Å². The van der Waals surface area contributed by atoms with Crippen molar-refractivity contribution in [2.45, 2.75) is 39.8 Å². The van der Waals surface area contributed by atoms with Gasteiger partial charge in [-0.1, -0.05) is 49.7 Å². The molecule has 4 heteroatoms. The largest absolute Gasteiger partial charge is 0.369 e. The first-order valence-electron chi connectivity index (χ1n) is 9.18. The van der Waals surface area contributed by atoms with Crippen LogP contribution in [0.5, 0.6) is 0 Å². The number of rotatable bonds is 2. The number of carbonyl (C=O) groups is 1. The van der Waals surface area contributed by atoms with E-state index in [9.17, 15) is 4.79 Å². The maximum absolute atomic E-state index is 12.4. The van der Waals surface area contributed by atoms with Crippen molar-refractivity contribution in [2.24, 2.45) is 0 Å². The lowest BCUT2D eigenvalue weighted by atomic mass is 10.1. The van der Waals surface area contributed by atoms with E-state index in [4.69, 9.17) is 0 Å². The summed E-state index contributed by atoms with van der Waals surface area (Å²) in [5.41, 5.74) is 4.66. The lowest BCUT2D eigenvalue weighted by Gasteiger charge is -2.34. The molecule has 0 saturated carbocycles. The number of nitrogens with zero attached hydrogens (tertiary/aromatic N) is 2. The van der Waals surface area contributed by atoms with Crippen LogP contribution < -0.4 is 10.2 Å². The lowest BCUT2D eigenvalue weighted by molar-refractivity contribution is 0.186. The van der Waals surface area contributed by atoms with Gasteiger partial charge in [0.2, 0.25) is 0 Å². The van der Waals surface area contributed by atoms with Crippen molar-refractivity contribution < 1.29 is 4.79 Å². The minimum Gasteiger partial charge on any atom is -0.369 e. The average Bonchev–Trinajstić information content (AvgIpc) is 3.13. The molecule has 0 aromatic heterocycles. The van der Waals surface area contributed by atoms with Crippen molar-refractivity contribution in [3.63, 3.8) is 0 Å². The SMILES string of the molecule is CC.Cc1ccc(N2CCC(N3Cc4ccccc4NC3=O)C2)cc1. The highest BCUT2D eigenvalue weighted by atomic mass is 16.2. The van der Waals surface area contributed by atoms with E-state index in [2.05, 4.69) is 47.5 Å². The highest BCUT2D eigenvalue weighted by molar-refractivity contribution is 5.92. The van der Waals surface area contributed by atoms with Crippen molar-refractivity contribution in [3.05, 3.63) is 59.7 Å². The third-order valence-corrected chi connectivity index (χ3v) is 4.86. The summed E-state index contributed by atoms with van der Waals surface area (Å²) in [4.78, 5) is 16.8. The standard InChI is InChI=1S/C19H21N3O.C2H6/c1-14-6-8-16(9-7-14)21-11-10-17(13-21)22-12-15-4-2-3-5-18(15)20-19(22)23;1-2/h2-9,17H,10-13H2,1H3,(H,20,23);1-2H3. The van der Waals surface area contributed by atoms with Crippen molar-refractivity contribution in [1.29, 1.82) is 0 Å². The quantitative estimate of drug-likeness (QED) is 0.866. The molecule has 0 radical (unpaired) electrons. The molecule has 132 valence electrons. The Hall–Kier alpha value is -2.49. The number of fused-ring (bicyclic) bond motifs is 1. The molecule has 0 bridgehead atoms. The van der Waals surface area contributed by atoms with Gasteiger partial charge in [-0.05, 0) is 37.1 Å². The van der Waals surface area contributed by atoms with Crippen LogP contribution in [0, 0.1) is 6.92 Å². The van der Waals surface area contributed by atoms with E-state index in [-0.39, 0.29) is 12.1 Å². The van der Waals surface area contributed by atoms with Crippen molar-refractivity contribution in [2.75, 3.05) is 23.3 Å². The first-order valence-corrected chi connectivity index (χ1v) is 9.18. The van der Waals surface area contributed by atoms with Gasteiger partial charge in [0, 0.05) is 31.0 Å². The maximum atomic E-state index is 12.4. The van der Waals surface area contributed by atoms with Crippen LogP contribution in [0.4, 0.5) is 16.2 Å². The summed E-state index contributed by atoms with van der Waals surface area (Å²) in [5, 5.41) is 3.02. The molecule has 1 fully saturated rings. The van der Waals surface area contributed by atoms with Crippen LogP contribution in [0.15, 0.2) is 48.5 Å². The molecule has 25 heavy (non-hydrogen) atoms. The van der Waals surface area contributed by atoms with E-state index >= 15 is 0 Å². The van der Waals surface area contributed by atoms with Crippen LogP contribution in [0.2, 0.25) is 0 Å². The number of aryl methyl sites for hydroxylation is 1. The summed E-state index contributed by atoms with van der Waals surface area (Å²) in [6.07, 6.45) is 1.02. The second kappa shape index (κ2) is 7.60. The Balaban J connectivity index is 0.000000880. The molecule has 2 aliphatic heterocycles. The van der Waals surface area contributed by atoms with Gasteiger partial charge in [0.25, 0.3) is 0 Å². The summed E-state index contributed by atoms with van der Waals surface area (Å²) in [5.74, 6) is 0. The van der Waals surface area contributed by atoms with Crippen LogP contribution in [0.3, 0.4) is 0 Å². The molecule has 1 unspecified atom stereocenters. The van der Waals surface area contributed by atoms with Gasteiger partial charge >= 0.3 is 6.03 Å². The van der Waals surface area contributed by atoms with Crippen LogP contribution in [-0.4, -0.2) is 30.1 Å². The van der Waals surface area contributed by atoms with Crippen LogP contribution >= 0.6 is 0 Å². The Labute approximate surface area is 150 Å². The van der Waals surface area contributed by atoms with Crippen molar-refractivity contribution in [1.82, 2.24) is 4.90 Å². The summed E-state index contributed by atoms with van der Waals surface area (Å²) >= 11 is 0. The number of nitrogens with one attached hydrogen (secondary N) is 1. The van der Waals surface area contributed by atoms with E-state index < -0.39 is 0 Å². The molecule has 4 rings (SSSR count). The predicted molar refractivity (Wildman–Crippen MR) is 104 cm³/mol. The number of amides is 2. The number of hydrogen-bond donors (Lipinski definition) is 1. The first kappa shape index (κ1) is 17.3. The first-order chi connectivity index (χ1) is 12.2. The highest BCUT2D eigenvalue weighted by Gasteiger charge is 2.33. The lowest BCUT2D eigenvalue weighted by Crippen LogP contribution is -2.46. The molecule has 2 amide bonds. The van der Waals surface area contributed by atoms with Crippen molar-refractivity contribution in [3.8, 4) is 0 Å². The molecule has 0 spiro atoms. The fraction of sp³-hybridized carbons (Fsp3) is 0.381. The molecule has 1 saturated heterocycles. The monoisotopic (exact) mass is 337 g/mol. The average molecular weight is 337 g/mol. The summed E-state index contributed by atoms with van der Waals surface area (Å²) in [6.45, 7) is 8.71. The topological polar surface area (TPSA) is 35.6 Å². The zero-order valence-electron chi connectivity index (χ0n) is 15.3. The molecule has 4 nitrogen and oxygen atoms in total. The summed E-state index contributed by atoms with van der Waals surface area (Å²) < 4.78 is 0. The van der Waals surface area contributed by atoms with Crippen LogP contribution in [0.1, 0.15) is 31.4 Å². The van der Waals surface area contributed by atoms with E-state index in [1.54, 1.807) is 0 Å². The van der Waals surface area contributed by atoms with Gasteiger partial charge in [-0.25, -0.2) is 4.79 Å². The second-order valence-electron chi connectivity index (χ2n) is 6.44. The Kier molecular flexibility index (Phi) is 5.27. The van der Waals surface area contributed by atoms with E-state index in [1.165, 1.54) is 16.8 Å². The summed E-state index contributed by atoms with van der Waals surface area (Å²) in [7, 11) is 0. The fourth-order valence-corrected chi connectivity index (χ4v) is 3.50. The number of benzene rings is 2. The van der Waals surface area contributed by atoms with Gasteiger partial charge in [-0.2, -0.15) is 0 Å². The van der Waals surface area contributed by atoms with E-state index in [1.807, 2.05) is 36.9 Å². The second-order valence-corrected chi connectivity index (χ2v) is 6.44. The fourth-order valence-electron chi connectivity index (χ4n) is 3.50. The van der Waals surface area contributed by atoms with Crippen LogP contribution in [0.25, 0.3) is 0 Å². The molecular weight excluding hydrogens is 310 g/mol. The number of para-hydroxylation sites is 1. The minimum atomic E-state index is 0.0273. The van der Waals surface area contributed by atoms with Gasteiger partial charge in [0.15, 0.2) is 0 Å². The Morgan fingerprint density at radius 2 is 1.76 bits per heavy atom. The van der Waals surface area contributed by atoms with Gasteiger partial charge < -0.3 is 15.1 Å². The third kappa shape index (κ3) is 3.63.